The standard InChI is InChI=1S/C20H15BrCl2N2O4/c21-16-8-13(22)9-17(23)19(16)29-11-18(26)25-14-5-3-12(4-6-14)20(27)24-10-15-2-1-7-28-15/h1-9H,10-11H2,(H,24,27)(H,25,26). The van der Waals surface area contributed by atoms with Crippen molar-refractivity contribution in [3.63, 3.8) is 0 Å². The second kappa shape index (κ2) is 9.82. The van der Waals surface area contributed by atoms with Gasteiger partial charge in [-0.25, -0.2) is 0 Å². The summed E-state index contributed by atoms with van der Waals surface area (Å²) in [4.78, 5) is 24.3. The molecule has 2 aromatic carbocycles. The van der Waals surface area contributed by atoms with Crippen molar-refractivity contribution in [2.75, 3.05) is 11.9 Å². The Kier molecular flexibility index (Phi) is 7.19. The largest absolute Gasteiger partial charge is 0.481 e. The van der Waals surface area contributed by atoms with Crippen molar-refractivity contribution in [2.45, 2.75) is 6.54 Å². The van der Waals surface area contributed by atoms with E-state index in [9.17, 15) is 9.59 Å². The van der Waals surface area contributed by atoms with Crippen LogP contribution >= 0.6 is 39.1 Å². The van der Waals surface area contributed by atoms with Crippen LogP contribution in [0, 0.1) is 0 Å². The van der Waals surface area contributed by atoms with Gasteiger partial charge in [-0.2, -0.15) is 0 Å². The molecule has 0 radical (unpaired) electrons. The average Bonchev–Trinajstić information content (AvgIpc) is 3.19. The van der Waals surface area contributed by atoms with Gasteiger partial charge in [-0.1, -0.05) is 23.2 Å². The van der Waals surface area contributed by atoms with E-state index in [2.05, 4.69) is 26.6 Å². The van der Waals surface area contributed by atoms with Crippen molar-refractivity contribution in [3.8, 4) is 5.75 Å². The van der Waals surface area contributed by atoms with Crippen LogP contribution < -0.4 is 15.4 Å². The third-order valence-electron chi connectivity index (χ3n) is 3.74. The van der Waals surface area contributed by atoms with Gasteiger partial charge in [0, 0.05) is 16.3 Å². The van der Waals surface area contributed by atoms with Crippen LogP contribution in [0.2, 0.25) is 10.0 Å². The highest BCUT2D eigenvalue weighted by molar-refractivity contribution is 9.10. The zero-order valence-electron chi connectivity index (χ0n) is 14.9. The summed E-state index contributed by atoms with van der Waals surface area (Å²) >= 11 is 15.3. The maximum Gasteiger partial charge on any atom is 0.262 e. The third kappa shape index (κ3) is 6.00. The van der Waals surface area contributed by atoms with Crippen molar-refractivity contribution in [2.24, 2.45) is 0 Å². The molecule has 0 saturated heterocycles. The first-order valence-corrected chi connectivity index (χ1v) is 9.95. The van der Waals surface area contributed by atoms with Crippen LogP contribution in [0.1, 0.15) is 16.1 Å². The lowest BCUT2D eigenvalue weighted by molar-refractivity contribution is -0.118. The monoisotopic (exact) mass is 496 g/mol. The van der Waals surface area contributed by atoms with Crippen molar-refractivity contribution in [1.82, 2.24) is 5.32 Å². The predicted molar refractivity (Wildman–Crippen MR) is 115 cm³/mol. The first kappa shape index (κ1) is 21.2. The lowest BCUT2D eigenvalue weighted by Crippen LogP contribution is -2.23. The molecule has 3 aromatic rings. The highest BCUT2D eigenvalue weighted by Gasteiger charge is 2.12. The molecule has 9 heteroatoms. The van der Waals surface area contributed by atoms with E-state index in [0.29, 0.717) is 43.8 Å². The number of halogens is 3. The number of ether oxygens (including phenoxy) is 1. The Labute approximate surface area is 185 Å². The molecule has 29 heavy (non-hydrogen) atoms. The van der Waals surface area contributed by atoms with E-state index >= 15 is 0 Å². The maximum absolute atomic E-state index is 12.1. The predicted octanol–water partition coefficient (Wildman–Crippen LogP) is 5.30. The smallest absolute Gasteiger partial charge is 0.262 e. The summed E-state index contributed by atoms with van der Waals surface area (Å²) in [5.74, 6) is 0.368. The van der Waals surface area contributed by atoms with Crippen LogP contribution in [0.5, 0.6) is 5.75 Å². The second-order valence-electron chi connectivity index (χ2n) is 5.87. The summed E-state index contributed by atoms with van der Waals surface area (Å²) in [6.07, 6.45) is 1.54. The fraction of sp³-hybridized carbons (Fsp3) is 0.100. The summed E-state index contributed by atoms with van der Waals surface area (Å²) in [5.41, 5.74) is 0.991. The van der Waals surface area contributed by atoms with Gasteiger partial charge in [0.05, 0.1) is 22.3 Å². The topological polar surface area (TPSA) is 80.6 Å². The number of rotatable bonds is 7. The number of hydrogen-bond donors (Lipinski definition) is 2. The van der Waals surface area contributed by atoms with Crippen molar-refractivity contribution >= 4 is 56.6 Å². The minimum absolute atomic E-state index is 0.245. The van der Waals surface area contributed by atoms with Crippen molar-refractivity contribution in [1.29, 1.82) is 0 Å². The molecule has 0 aliphatic carbocycles. The van der Waals surface area contributed by atoms with E-state index in [0.717, 1.165) is 0 Å². The number of hydrogen-bond acceptors (Lipinski definition) is 4. The summed E-state index contributed by atoms with van der Waals surface area (Å²) < 4.78 is 11.2. The molecule has 0 aliphatic rings. The van der Waals surface area contributed by atoms with Gasteiger partial charge >= 0.3 is 0 Å². The Hall–Kier alpha value is -2.48. The zero-order valence-corrected chi connectivity index (χ0v) is 18.0. The minimum Gasteiger partial charge on any atom is -0.481 e. The molecule has 2 amide bonds. The summed E-state index contributed by atoms with van der Waals surface area (Å²) in [6.45, 7) is 0.0514. The molecular formula is C20H15BrCl2N2O4. The number of carbonyl (C=O) groups is 2. The van der Waals surface area contributed by atoms with Crippen molar-refractivity contribution < 1.29 is 18.7 Å². The molecule has 0 saturated carbocycles. The summed E-state index contributed by atoms with van der Waals surface area (Å²) in [5, 5.41) is 6.18. The average molecular weight is 498 g/mol. The molecule has 0 aliphatic heterocycles. The van der Waals surface area contributed by atoms with E-state index in [1.54, 1.807) is 48.7 Å². The molecule has 0 fully saturated rings. The van der Waals surface area contributed by atoms with Gasteiger partial charge in [0.1, 0.15) is 5.76 Å². The van der Waals surface area contributed by atoms with E-state index < -0.39 is 0 Å². The van der Waals surface area contributed by atoms with E-state index in [1.165, 1.54) is 6.07 Å². The highest BCUT2D eigenvalue weighted by Crippen LogP contribution is 2.36. The Bertz CT molecular complexity index is 985. The van der Waals surface area contributed by atoms with Crippen molar-refractivity contribution in [3.05, 3.63) is 80.6 Å². The van der Waals surface area contributed by atoms with Gasteiger partial charge in [0.2, 0.25) is 0 Å². The number of amides is 2. The Morgan fingerprint density at radius 3 is 2.52 bits per heavy atom. The van der Waals surface area contributed by atoms with Gasteiger partial charge in [-0.05, 0) is 64.5 Å². The lowest BCUT2D eigenvalue weighted by atomic mass is 10.2. The SMILES string of the molecule is O=C(COc1c(Cl)cc(Cl)cc1Br)Nc1ccc(C(=O)NCc2ccco2)cc1. The van der Waals surface area contributed by atoms with Crippen LogP contribution in [-0.2, 0) is 11.3 Å². The normalized spacial score (nSPS) is 10.4. The highest BCUT2D eigenvalue weighted by atomic mass is 79.9. The molecule has 0 atom stereocenters. The molecule has 2 N–H and O–H groups in total. The minimum atomic E-state index is -0.377. The van der Waals surface area contributed by atoms with Crippen LogP contribution in [0.15, 0.2) is 63.7 Å². The summed E-state index contributed by atoms with van der Waals surface area (Å²) in [7, 11) is 0. The van der Waals surface area contributed by atoms with Gasteiger partial charge in [-0.3, -0.25) is 9.59 Å². The maximum atomic E-state index is 12.1. The van der Waals surface area contributed by atoms with Gasteiger partial charge in [0.15, 0.2) is 12.4 Å². The van der Waals surface area contributed by atoms with E-state index in [-0.39, 0.29) is 18.4 Å². The van der Waals surface area contributed by atoms with Gasteiger partial charge < -0.3 is 19.8 Å². The Morgan fingerprint density at radius 1 is 1.10 bits per heavy atom. The van der Waals surface area contributed by atoms with Crippen LogP contribution in [0.4, 0.5) is 5.69 Å². The molecule has 0 unspecified atom stereocenters. The molecule has 1 heterocycles. The number of benzene rings is 2. The van der Waals surface area contributed by atoms with Gasteiger partial charge in [-0.15, -0.1) is 0 Å². The molecular weight excluding hydrogens is 483 g/mol. The zero-order chi connectivity index (χ0) is 20.8. The number of carbonyl (C=O) groups excluding carboxylic acids is 2. The Balaban J connectivity index is 1.51. The number of furan rings is 1. The number of anilines is 1. The third-order valence-corrected chi connectivity index (χ3v) is 4.83. The van der Waals surface area contributed by atoms with Crippen LogP contribution in [0.25, 0.3) is 0 Å². The molecule has 1 aromatic heterocycles. The number of nitrogens with one attached hydrogen (secondary N) is 2. The molecule has 0 bridgehead atoms. The lowest BCUT2D eigenvalue weighted by Gasteiger charge is -2.11. The van der Waals surface area contributed by atoms with Crippen LogP contribution in [0.3, 0.4) is 0 Å². The van der Waals surface area contributed by atoms with E-state index in [1.807, 2.05) is 0 Å². The van der Waals surface area contributed by atoms with E-state index in [4.69, 9.17) is 32.4 Å². The first-order chi connectivity index (χ1) is 13.9. The quantitative estimate of drug-likeness (QED) is 0.464. The van der Waals surface area contributed by atoms with Crippen LogP contribution in [-0.4, -0.2) is 18.4 Å². The fourth-order valence-electron chi connectivity index (χ4n) is 2.39. The molecule has 3 rings (SSSR count). The molecule has 6 nitrogen and oxygen atoms in total. The summed E-state index contributed by atoms with van der Waals surface area (Å²) in [6, 6.07) is 13.2. The second-order valence-corrected chi connectivity index (χ2v) is 7.57. The molecule has 150 valence electrons. The first-order valence-electron chi connectivity index (χ1n) is 8.40. The fourth-order valence-corrected chi connectivity index (χ4v) is 3.76. The Morgan fingerprint density at radius 2 is 1.86 bits per heavy atom. The molecule has 0 spiro atoms. The van der Waals surface area contributed by atoms with Gasteiger partial charge in [0.25, 0.3) is 11.8 Å².